The normalized spacial score (nSPS) is 13.9. The number of nitrogens with zero attached hydrogens (tertiary/aromatic N) is 2. The van der Waals surface area contributed by atoms with Crippen LogP contribution in [0.4, 0.5) is 15.8 Å². The molecular formula is C20H20FN3O. The predicted octanol–water partition coefficient (Wildman–Crippen LogP) is 3.67. The summed E-state index contributed by atoms with van der Waals surface area (Å²) in [5, 5.41) is 0.826. The molecule has 3 aromatic rings. The van der Waals surface area contributed by atoms with Gasteiger partial charge < -0.3 is 15.4 Å². The van der Waals surface area contributed by atoms with Crippen molar-refractivity contribution in [2.24, 2.45) is 0 Å². The zero-order valence-electron chi connectivity index (χ0n) is 14.1. The SMILES string of the molecule is COCc1cc(N2CCc3c(N)cccc3C2)c2cc(F)ccc2n1. The number of aromatic nitrogens is 1. The number of rotatable bonds is 3. The highest BCUT2D eigenvalue weighted by Gasteiger charge is 2.20. The van der Waals surface area contributed by atoms with Crippen molar-refractivity contribution in [3.8, 4) is 0 Å². The number of halogens is 1. The molecular weight excluding hydrogens is 317 g/mol. The van der Waals surface area contributed by atoms with Crippen LogP contribution in [-0.2, 0) is 24.3 Å². The molecule has 0 atom stereocenters. The number of hydrogen-bond donors (Lipinski definition) is 1. The first-order valence-electron chi connectivity index (χ1n) is 8.35. The number of ether oxygens (including phenoxy) is 1. The lowest BCUT2D eigenvalue weighted by atomic mass is 9.97. The van der Waals surface area contributed by atoms with Crippen molar-refractivity contribution in [3.63, 3.8) is 0 Å². The van der Waals surface area contributed by atoms with Crippen LogP contribution in [0.1, 0.15) is 16.8 Å². The summed E-state index contributed by atoms with van der Waals surface area (Å²) in [5.41, 5.74) is 12.0. The highest BCUT2D eigenvalue weighted by Crippen LogP contribution is 2.33. The number of methoxy groups -OCH3 is 1. The Morgan fingerprint density at radius 2 is 2.12 bits per heavy atom. The van der Waals surface area contributed by atoms with E-state index in [4.69, 9.17) is 10.5 Å². The standard InChI is InChI=1S/C20H20FN3O/c1-25-12-15-10-20(17-9-14(21)5-6-19(17)23-15)24-8-7-16-13(11-24)3-2-4-18(16)22/h2-6,9-10H,7-8,11-12,22H2,1H3. The third kappa shape index (κ3) is 2.91. The molecule has 1 aliphatic rings. The van der Waals surface area contributed by atoms with Crippen molar-refractivity contribution < 1.29 is 9.13 Å². The molecule has 2 aromatic carbocycles. The van der Waals surface area contributed by atoms with Gasteiger partial charge >= 0.3 is 0 Å². The summed E-state index contributed by atoms with van der Waals surface area (Å²) in [6.45, 7) is 2.02. The second kappa shape index (κ2) is 6.33. The van der Waals surface area contributed by atoms with Gasteiger partial charge in [0.1, 0.15) is 5.82 Å². The molecule has 1 aliphatic heterocycles. The highest BCUT2D eigenvalue weighted by atomic mass is 19.1. The Hall–Kier alpha value is -2.66. The van der Waals surface area contributed by atoms with Crippen LogP contribution >= 0.6 is 0 Å². The molecule has 5 heteroatoms. The van der Waals surface area contributed by atoms with Crippen molar-refractivity contribution in [2.75, 3.05) is 24.3 Å². The maximum atomic E-state index is 13.8. The van der Waals surface area contributed by atoms with E-state index in [1.807, 2.05) is 18.2 Å². The van der Waals surface area contributed by atoms with Gasteiger partial charge in [-0.15, -0.1) is 0 Å². The van der Waals surface area contributed by atoms with Crippen LogP contribution in [0.3, 0.4) is 0 Å². The summed E-state index contributed by atoms with van der Waals surface area (Å²) in [4.78, 5) is 6.85. The van der Waals surface area contributed by atoms with Crippen LogP contribution < -0.4 is 10.6 Å². The Kier molecular flexibility index (Phi) is 4.01. The topological polar surface area (TPSA) is 51.4 Å². The van der Waals surface area contributed by atoms with Crippen LogP contribution in [0.5, 0.6) is 0 Å². The van der Waals surface area contributed by atoms with Crippen LogP contribution in [0, 0.1) is 5.82 Å². The maximum Gasteiger partial charge on any atom is 0.124 e. The second-order valence-corrected chi connectivity index (χ2v) is 6.38. The molecule has 0 spiro atoms. The molecule has 4 nitrogen and oxygen atoms in total. The van der Waals surface area contributed by atoms with Gasteiger partial charge in [-0.2, -0.15) is 0 Å². The van der Waals surface area contributed by atoms with Gasteiger partial charge in [-0.25, -0.2) is 4.39 Å². The lowest BCUT2D eigenvalue weighted by molar-refractivity contribution is 0.182. The van der Waals surface area contributed by atoms with E-state index < -0.39 is 0 Å². The van der Waals surface area contributed by atoms with Gasteiger partial charge in [0, 0.05) is 37.0 Å². The third-order valence-corrected chi connectivity index (χ3v) is 4.74. The van der Waals surface area contributed by atoms with Crippen LogP contribution in [-0.4, -0.2) is 18.6 Å². The number of pyridine rings is 1. The Morgan fingerprint density at radius 3 is 2.96 bits per heavy atom. The molecule has 0 amide bonds. The van der Waals surface area contributed by atoms with E-state index >= 15 is 0 Å². The van der Waals surface area contributed by atoms with Crippen molar-refractivity contribution in [2.45, 2.75) is 19.6 Å². The zero-order chi connectivity index (χ0) is 17.4. The molecule has 0 aliphatic carbocycles. The molecule has 4 rings (SSSR count). The molecule has 1 aromatic heterocycles. The lowest BCUT2D eigenvalue weighted by Crippen LogP contribution is -2.31. The monoisotopic (exact) mass is 337 g/mol. The Balaban J connectivity index is 1.81. The summed E-state index contributed by atoms with van der Waals surface area (Å²) in [6, 6.07) is 12.8. The van der Waals surface area contributed by atoms with Crippen LogP contribution in [0.2, 0.25) is 0 Å². The Morgan fingerprint density at radius 1 is 1.24 bits per heavy atom. The molecule has 0 saturated carbocycles. The van der Waals surface area contributed by atoms with Gasteiger partial charge in [0.15, 0.2) is 0 Å². The Labute approximate surface area is 146 Å². The highest BCUT2D eigenvalue weighted by molar-refractivity contribution is 5.92. The number of benzene rings is 2. The number of nitrogen functional groups attached to an aromatic ring is 1. The van der Waals surface area contributed by atoms with Crippen molar-refractivity contribution >= 4 is 22.3 Å². The minimum atomic E-state index is -0.253. The van der Waals surface area contributed by atoms with E-state index in [-0.39, 0.29) is 5.82 Å². The van der Waals surface area contributed by atoms with Crippen molar-refractivity contribution in [1.29, 1.82) is 0 Å². The fourth-order valence-corrected chi connectivity index (χ4v) is 3.56. The van der Waals surface area contributed by atoms with Gasteiger partial charge in [0.2, 0.25) is 0 Å². The largest absolute Gasteiger partial charge is 0.398 e. The van der Waals surface area contributed by atoms with E-state index in [1.54, 1.807) is 19.2 Å². The van der Waals surface area contributed by atoms with E-state index in [1.165, 1.54) is 17.2 Å². The van der Waals surface area contributed by atoms with Gasteiger partial charge in [-0.1, -0.05) is 12.1 Å². The summed E-state index contributed by atoms with van der Waals surface area (Å²) >= 11 is 0. The fraction of sp³-hybridized carbons (Fsp3) is 0.250. The van der Waals surface area contributed by atoms with Crippen molar-refractivity contribution in [1.82, 2.24) is 4.98 Å². The second-order valence-electron chi connectivity index (χ2n) is 6.38. The van der Waals surface area contributed by atoms with E-state index in [0.717, 1.165) is 47.5 Å². The van der Waals surface area contributed by atoms with Gasteiger partial charge in [-0.3, -0.25) is 4.98 Å². The minimum absolute atomic E-state index is 0.253. The van der Waals surface area contributed by atoms with E-state index in [0.29, 0.717) is 6.61 Å². The molecule has 0 radical (unpaired) electrons. The average molecular weight is 337 g/mol. The summed E-state index contributed by atoms with van der Waals surface area (Å²) in [5.74, 6) is -0.253. The fourth-order valence-electron chi connectivity index (χ4n) is 3.56. The predicted molar refractivity (Wildman–Crippen MR) is 98.0 cm³/mol. The van der Waals surface area contributed by atoms with Gasteiger partial charge in [0.25, 0.3) is 0 Å². The number of nitrogens with two attached hydrogens (primary N) is 1. The molecule has 0 bridgehead atoms. The first-order chi connectivity index (χ1) is 12.2. The summed E-state index contributed by atoms with van der Waals surface area (Å²) in [7, 11) is 1.65. The maximum absolute atomic E-state index is 13.8. The average Bonchev–Trinajstić information content (AvgIpc) is 2.61. The molecule has 2 N–H and O–H groups in total. The molecule has 0 fully saturated rings. The molecule has 128 valence electrons. The first-order valence-corrected chi connectivity index (χ1v) is 8.35. The first kappa shape index (κ1) is 15.8. The molecule has 0 saturated heterocycles. The Bertz CT molecular complexity index is 942. The van der Waals surface area contributed by atoms with Crippen LogP contribution in [0.15, 0.2) is 42.5 Å². The summed E-state index contributed by atoms with van der Waals surface area (Å²) < 4.78 is 19.1. The van der Waals surface area contributed by atoms with E-state index in [9.17, 15) is 4.39 Å². The number of anilines is 2. The van der Waals surface area contributed by atoms with Crippen LogP contribution in [0.25, 0.3) is 10.9 Å². The zero-order valence-corrected chi connectivity index (χ0v) is 14.1. The van der Waals surface area contributed by atoms with Crippen molar-refractivity contribution in [3.05, 3.63) is 65.1 Å². The quantitative estimate of drug-likeness (QED) is 0.741. The number of hydrogen-bond acceptors (Lipinski definition) is 4. The lowest BCUT2D eigenvalue weighted by Gasteiger charge is -2.32. The molecule has 25 heavy (non-hydrogen) atoms. The summed E-state index contributed by atoms with van der Waals surface area (Å²) in [6.07, 6.45) is 0.876. The van der Waals surface area contributed by atoms with E-state index in [2.05, 4.69) is 16.0 Å². The number of fused-ring (bicyclic) bond motifs is 2. The minimum Gasteiger partial charge on any atom is -0.398 e. The van der Waals surface area contributed by atoms with Gasteiger partial charge in [-0.05, 0) is 47.9 Å². The molecule has 2 heterocycles. The molecule has 0 unspecified atom stereocenters. The smallest absolute Gasteiger partial charge is 0.124 e. The van der Waals surface area contributed by atoms with Gasteiger partial charge in [0.05, 0.1) is 17.8 Å². The third-order valence-electron chi connectivity index (χ3n) is 4.74.